The van der Waals surface area contributed by atoms with Gasteiger partial charge in [-0.3, -0.25) is 9.97 Å². The van der Waals surface area contributed by atoms with Gasteiger partial charge in [0.1, 0.15) is 0 Å². The van der Waals surface area contributed by atoms with Gasteiger partial charge in [0, 0.05) is 60.6 Å². The van der Waals surface area contributed by atoms with E-state index in [4.69, 9.17) is 0 Å². The van der Waals surface area contributed by atoms with Gasteiger partial charge >= 0.3 is 0 Å². The molecule has 4 rings (SSSR count). The molecule has 28 heavy (non-hydrogen) atoms. The van der Waals surface area contributed by atoms with Gasteiger partial charge in [-0.25, -0.2) is 12.7 Å². The Morgan fingerprint density at radius 3 is 2.54 bits per heavy atom. The fraction of sp³-hybridized carbons (Fsp3) is 0.333. The molecular weight excluding hydrogens is 372 g/mol. The second kappa shape index (κ2) is 7.48. The summed E-state index contributed by atoms with van der Waals surface area (Å²) in [6.45, 7) is 3.14. The molecule has 0 saturated carbocycles. The van der Waals surface area contributed by atoms with Crippen LogP contribution in [0.1, 0.15) is 18.4 Å². The molecule has 1 aliphatic rings. The highest BCUT2D eigenvalue weighted by Crippen LogP contribution is 2.32. The molecule has 0 atom stereocenters. The normalized spacial score (nSPS) is 16.4. The molecule has 0 aliphatic carbocycles. The van der Waals surface area contributed by atoms with Crippen LogP contribution in [0.2, 0.25) is 0 Å². The third-order valence-electron chi connectivity index (χ3n) is 5.25. The van der Waals surface area contributed by atoms with Crippen LogP contribution in [0, 0.1) is 6.92 Å². The van der Waals surface area contributed by atoms with Crippen LogP contribution in [0.25, 0.3) is 21.9 Å². The summed E-state index contributed by atoms with van der Waals surface area (Å²) in [5.41, 5.74) is 4.33. The van der Waals surface area contributed by atoms with Crippen molar-refractivity contribution in [3.63, 3.8) is 0 Å². The zero-order valence-corrected chi connectivity index (χ0v) is 16.9. The number of pyridine rings is 2. The van der Waals surface area contributed by atoms with Crippen LogP contribution >= 0.6 is 0 Å². The Bertz CT molecular complexity index is 1110. The largest absolute Gasteiger partial charge is 0.382 e. The van der Waals surface area contributed by atoms with Crippen LogP contribution in [0.5, 0.6) is 0 Å². The molecule has 1 aromatic carbocycles. The number of hydrogen-bond acceptors (Lipinski definition) is 5. The number of hydrogen-bond donors (Lipinski definition) is 1. The third kappa shape index (κ3) is 4.00. The summed E-state index contributed by atoms with van der Waals surface area (Å²) in [6, 6.07) is 8.67. The number of anilines is 1. The zero-order chi connectivity index (χ0) is 19.7. The van der Waals surface area contributed by atoms with Gasteiger partial charge in [0.15, 0.2) is 0 Å². The Balaban J connectivity index is 1.65. The Kier molecular flexibility index (Phi) is 5.03. The molecule has 1 saturated heterocycles. The molecule has 0 radical (unpaired) electrons. The monoisotopic (exact) mass is 396 g/mol. The maximum atomic E-state index is 11.7. The molecule has 1 N–H and O–H groups in total. The van der Waals surface area contributed by atoms with E-state index in [1.807, 2.05) is 31.6 Å². The number of rotatable bonds is 4. The lowest BCUT2D eigenvalue weighted by molar-refractivity contribution is 0.332. The molecule has 1 aliphatic heterocycles. The second-order valence-corrected chi connectivity index (χ2v) is 9.43. The summed E-state index contributed by atoms with van der Waals surface area (Å²) < 4.78 is 25.0. The molecule has 146 valence electrons. The van der Waals surface area contributed by atoms with Crippen molar-refractivity contribution in [2.45, 2.75) is 25.8 Å². The molecule has 3 heterocycles. The van der Waals surface area contributed by atoms with Gasteiger partial charge in [-0.15, -0.1) is 0 Å². The van der Waals surface area contributed by atoms with E-state index in [1.165, 1.54) is 6.26 Å². The van der Waals surface area contributed by atoms with Gasteiger partial charge in [-0.05, 0) is 60.5 Å². The molecule has 7 heteroatoms. The molecule has 0 amide bonds. The molecule has 0 bridgehead atoms. The van der Waals surface area contributed by atoms with Gasteiger partial charge < -0.3 is 5.32 Å². The second-order valence-electron chi connectivity index (χ2n) is 7.45. The first-order valence-corrected chi connectivity index (χ1v) is 11.3. The standard InChI is InChI=1S/C21H24N4O2S/c1-15-9-18(13-23-12-15)17-10-16-3-6-22-14-20(16)21(11-17)24-19-4-7-25(8-5-19)28(2,26)27/h3,6,9-14,19,24H,4-5,7-8H2,1-2H3. The fourth-order valence-corrected chi connectivity index (χ4v) is 4.62. The van der Waals surface area contributed by atoms with Crippen LogP contribution in [0.3, 0.4) is 0 Å². The number of nitrogens with zero attached hydrogens (tertiary/aromatic N) is 3. The molecule has 0 spiro atoms. The van der Waals surface area contributed by atoms with Gasteiger partial charge in [0.05, 0.1) is 6.26 Å². The van der Waals surface area contributed by atoms with Crippen LogP contribution < -0.4 is 5.32 Å². The maximum absolute atomic E-state index is 11.7. The zero-order valence-electron chi connectivity index (χ0n) is 16.1. The smallest absolute Gasteiger partial charge is 0.211 e. The topological polar surface area (TPSA) is 75.2 Å². The number of fused-ring (bicyclic) bond motifs is 1. The fourth-order valence-electron chi connectivity index (χ4n) is 3.75. The van der Waals surface area contributed by atoms with E-state index in [2.05, 4.69) is 33.5 Å². The third-order valence-corrected chi connectivity index (χ3v) is 6.55. The van der Waals surface area contributed by atoms with Crippen LogP contribution in [0.4, 0.5) is 5.69 Å². The van der Waals surface area contributed by atoms with Crippen molar-refractivity contribution in [3.05, 3.63) is 54.6 Å². The van der Waals surface area contributed by atoms with Gasteiger partial charge in [0.2, 0.25) is 10.0 Å². The van der Waals surface area contributed by atoms with E-state index >= 15 is 0 Å². The van der Waals surface area contributed by atoms with E-state index in [-0.39, 0.29) is 6.04 Å². The summed E-state index contributed by atoms with van der Waals surface area (Å²) in [5, 5.41) is 5.82. The Morgan fingerprint density at radius 1 is 1.04 bits per heavy atom. The minimum atomic E-state index is -3.12. The Labute approximate surface area is 165 Å². The van der Waals surface area contributed by atoms with E-state index in [0.717, 1.165) is 46.0 Å². The number of benzene rings is 1. The molecule has 6 nitrogen and oxygen atoms in total. The highest BCUT2D eigenvalue weighted by atomic mass is 32.2. The molecular formula is C21H24N4O2S. The summed E-state index contributed by atoms with van der Waals surface area (Å²) >= 11 is 0. The van der Waals surface area contributed by atoms with Gasteiger partial charge in [-0.1, -0.05) is 0 Å². The van der Waals surface area contributed by atoms with Crippen molar-refractivity contribution in [3.8, 4) is 11.1 Å². The molecule has 1 fully saturated rings. The maximum Gasteiger partial charge on any atom is 0.211 e. The number of aryl methyl sites for hydroxylation is 1. The van der Waals surface area contributed by atoms with Crippen molar-refractivity contribution < 1.29 is 8.42 Å². The lowest BCUT2D eigenvalue weighted by Gasteiger charge is -2.31. The molecule has 2 aromatic heterocycles. The van der Waals surface area contributed by atoms with Crippen molar-refractivity contribution in [1.29, 1.82) is 0 Å². The van der Waals surface area contributed by atoms with Crippen molar-refractivity contribution in [2.75, 3.05) is 24.7 Å². The first kappa shape index (κ1) is 18.8. The van der Waals surface area contributed by atoms with E-state index in [9.17, 15) is 8.42 Å². The van der Waals surface area contributed by atoms with E-state index in [0.29, 0.717) is 13.1 Å². The van der Waals surface area contributed by atoms with Crippen molar-refractivity contribution in [2.24, 2.45) is 0 Å². The Hall–Kier alpha value is -2.51. The quantitative estimate of drug-likeness (QED) is 0.731. The summed E-state index contributed by atoms with van der Waals surface area (Å²) in [6.07, 6.45) is 10.2. The summed E-state index contributed by atoms with van der Waals surface area (Å²) in [7, 11) is -3.12. The first-order valence-electron chi connectivity index (χ1n) is 9.41. The number of piperidine rings is 1. The van der Waals surface area contributed by atoms with E-state index < -0.39 is 10.0 Å². The minimum Gasteiger partial charge on any atom is -0.382 e. The predicted octanol–water partition coefficient (Wildman–Crippen LogP) is 3.44. The minimum absolute atomic E-state index is 0.229. The van der Waals surface area contributed by atoms with Crippen LogP contribution in [-0.2, 0) is 10.0 Å². The summed E-state index contributed by atoms with van der Waals surface area (Å²) in [5.74, 6) is 0. The molecule has 0 unspecified atom stereocenters. The van der Waals surface area contributed by atoms with Crippen molar-refractivity contribution >= 4 is 26.5 Å². The number of aromatic nitrogens is 2. The lowest BCUT2D eigenvalue weighted by Crippen LogP contribution is -2.41. The van der Waals surface area contributed by atoms with E-state index in [1.54, 1.807) is 10.5 Å². The van der Waals surface area contributed by atoms with Crippen LogP contribution in [-0.4, -0.2) is 48.1 Å². The van der Waals surface area contributed by atoms with Gasteiger partial charge in [0.25, 0.3) is 0 Å². The Morgan fingerprint density at radius 2 is 1.82 bits per heavy atom. The molecule has 3 aromatic rings. The van der Waals surface area contributed by atoms with Crippen molar-refractivity contribution in [1.82, 2.24) is 14.3 Å². The van der Waals surface area contributed by atoms with Gasteiger partial charge in [-0.2, -0.15) is 0 Å². The average molecular weight is 397 g/mol. The summed E-state index contributed by atoms with van der Waals surface area (Å²) in [4.78, 5) is 8.61. The SMILES string of the molecule is Cc1cncc(-c2cc(NC3CCN(S(C)(=O)=O)CC3)c3cnccc3c2)c1. The highest BCUT2D eigenvalue weighted by Gasteiger charge is 2.25. The first-order chi connectivity index (χ1) is 13.4. The lowest BCUT2D eigenvalue weighted by atomic mass is 9.99. The van der Waals surface area contributed by atoms with Crippen LogP contribution in [0.15, 0.2) is 49.1 Å². The average Bonchev–Trinajstić information content (AvgIpc) is 2.67. The highest BCUT2D eigenvalue weighted by molar-refractivity contribution is 7.88. The number of sulfonamides is 1. The predicted molar refractivity (Wildman–Crippen MR) is 113 cm³/mol. The number of nitrogens with one attached hydrogen (secondary N) is 1.